The topological polar surface area (TPSA) is 49.4 Å². The number of thioether (sulfide) groups is 1. The second-order valence-electron chi connectivity index (χ2n) is 6.63. The van der Waals surface area contributed by atoms with E-state index in [2.05, 4.69) is 52.4 Å². The van der Waals surface area contributed by atoms with Gasteiger partial charge in [-0.1, -0.05) is 45.8 Å². The zero-order chi connectivity index (χ0) is 20.5. The number of aryl methyl sites for hydroxylation is 1. The smallest absolute Gasteiger partial charge is 0.242 e. The average Bonchev–Trinajstić information content (AvgIpc) is 2.68. The van der Waals surface area contributed by atoms with Crippen LogP contribution >= 0.6 is 27.7 Å². The summed E-state index contributed by atoms with van der Waals surface area (Å²) in [5.74, 6) is 0.543. The summed E-state index contributed by atoms with van der Waals surface area (Å²) in [5.41, 5.74) is 2.22. The number of hydrogen-bond acceptors (Lipinski definition) is 3. The van der Waals surface area contributed by atoms with Gasteiger partial charge in [0.25, 0.3) is 0 Å². The van der Waals surface area contributed by atoms with Gasteiger partial charge in [-0.2, -0.15) is 0 Å². The second-order valence-corrected chi connectivity index (χ2v) is 8.71. The Morgan fingerprint density at radius 3 is 2.36 bits per heavy atom. The lowest BCUT2D eigenvalue weighted by atomic mass is 10.1. The molecule has 0 saturated heterocycles. The largest absolute Gasteiger partial charge is 0.355 e. The number of rotatable bonds is 9. The van der Waals surface area contributed by atoms with Crippen molar-refractivity contribution < 1.29 is 9.59 Å². The fourth-order valence-electron chi connectivity index (χ4n) is 2.73. The van der Waals surface area contributed by atoms with Crippen LogP contribution in [0.4, 0.5) is 0 Å². The van der Waals surface area contributed by atoms with Gasteiger partial charge in [-0.15, -0.1) is 11.8 Å². The van der Waals surface area contributed by atoms with Crippen LogP contribution in [0.3, 0.4) is 0 Å². The van der Waals surface area contributed by atoms with E-state index in [4.69, 9.17) is 0 Å². The van der Waals surface area contributed by atoms with E-state index in [-0.39, 0.29) is 11.8 Å². The van der Waals surface area contributed by atoms with Crippen LogP contribution in [0.15, 0.2) is 57.9 Å². The predicted octanol–water partition coefficient (Wildman–Crippen LogP) is 4.79. The predicted molar refractivity (Wildman–Crippen MR) is 119 cm³/mol. The lowest BCUT2D eigenvalue weighted by molar-refractivity contribution is -0.140. The molecule has 0 fully saturated rings. The number of nitrogens with one attached hydrogen (secondary N) is 1. The van der Waals surface area contributed by atoms with Gasteiger partial charge in [0.1, 0.15) is 6.04 Å². The Labute approximate surface area is 180 Å². The highest BCUT2D eigenvalue weighted by Crippen LogP contribution is 2.21. The van der Waals surface area contributed by atoms with Crippen LogP contribution in [0.25, 0.3) is 0 Å². The fraction of sp³-hybridized carbons (Fsp3) is 0.364. The minimum atomic E-state index is -0.513. The number of likely N-dealkylation sites (N-methyl/N-ethyl adjacent to an activating group) is 1. The van der Waals surface area contributed by atoms with Crippen molar-refractivity contribution in [1.29, 1.82) is 0 Å². The van der Waals surface area contributed by atoms with E-state index in [0.29, 0.717) is 25.3 Å². The summed E-state index contributed by atoms with van der Waals surface area (Å²) in [5, 5.41) is 2.82. The van der Waals surface area contributed by atoms with Crippen molar-refractivity contribution in [3.8, 4) is 0 Å². The van der Waals surface area contributed by atoms with Gasteiger partial charge in [-0.25, -0.2) is 0 Å². The molecule has 1 atom stereocenters. The molecule has 4 nitrogen and oxygen atoms in total. The first-order chi connectivity index (χ1) is 13.4. The Bertz CT molecular complexity index is 778. The summed E-state index contributed by atoms with van der Waals surface area (Å²) < 4.78 is 0.986. The van der Waals surface area contributed by atoms with E-state index in [1.807, 2.05) is 31.2 Å². The highest BCUT2D eigenvalue weighted by Gasteiger charge is 2.25. The standard InChI is InChI=1S/C22H27BrN2O2S/c1-4-24-22(27)17(3)25(15-18-7-9-19(23)10-8-18)21(26)13-14-28-20-11-5-16(2)6-12-20/h5-12,17H,4,13-15H2,1-3H3,(H,24,27)/t17-/m0/s1. The molecule has 0 bridgehead atoms. The van der Waals surface area contributed by atoms with Gasteiger partial charge in [-0.05, 0) is 50.6 Å². The molecule has 0 aliphatic carbocycles. The Balaban J connectivity index is 2.03. The molecule has 2 aromatic rings. The highest BCUT2D eigenvalue weighted by atomic mass is 79.9. The van der Waals surface area contributed by atoms with Gasteiger partial charge < -0.3 is 10.2 Å². The van der Waals surface area contributed by atoms with Crippen LogP contribution in [0, 0.1) is 6.92 Å². The van der Waals surface area contributed by atoms with Crippen LogP contribution in [-0.4, -0.2) is 35.1 Å². The molecule has 0 unspecified atom stereocenters. The van der Waals surface area contributed by atoms with E-state index in [1.165, 1.54) is 5.56 Å². The number of hydrogen-bond donors (Lipinski definition) is 1. The molecule has 2 rings (SSSR count). The van der Waals surface area contributed by atoms with Gasteiger partial charge in [0.05, 0.1) is 0 Å². The number of carbonyl (C=O) groups is 2. The van der Waals surface area contributed by atoms with Crippen molar-refractivity contribution in [2.75, 3.05) is 12.3 Å². The summed E-state index contributed by atoms with van der Waals surface area (Å²) >= 11 is 5.09. The maximum atomic E-state index is 12.9. The molecule has 2 aromatic carbocycles. The van der Waals surface area contributed by atoms with E-state index >= 15 is 0 Å². The van der Waals surface area contributed by atoms with Crippen molar-refractivity contribution >= 4 is 39.5 Å². The molecule has 0 radical (unpaired) electrons. The Hall–Kier alpha value is -1.79. The first-order valence-electron chi connectivity index (χ1n) is 9.41. The van der Waals surface area contributed by atoms with Crippen LogP contribution in [0.5, 0.6) is 0 Å². The molecule has 150 valence electrons. The van der Waals surface area contributed by atoms with Crippen LogP contribution in [-0.2, 0) is 16.1 Å². The summed E-state index contributed by atoms with van der Waals surface area (Å²) in [4.78, 5) is 28.1. The van der Waals surface area contributed by atoms with Gasteiger partial charge in [0.2, 0.25) is 11.8 Å². The maximum Gasteiger partial charge on any atom is 0.242 e. The molecule has 0 spiro atoms. The van der Waals surface area contributed by atoms with Crippen LogP contribution < -0.4 is 5.32 Å². The lowest BCUT2D eigenvalue weighted by Crippen LogP contribution is -2.47. The second kappa shape index (κ2) is 11.3. The minimum Gasteiger partial charge on any atom is -0.355 e. The normalized spacial score (nSPS) is 11.7. The highest BCUT2D eigenvalue weighted by molar-refractivity contribution is 9.10. The van der Waals surface area contributed by atoms with Crippen molar-refractivity contribution in [3.05, 3.63) is 64.1 Å². The Morgan fingerprint density at radius 2 is 1.75 bits per heavy atom. The third-order valence-corrected chi connectivity index (χ3v) is 5.93. The summed E-state index contributed by atoms with van der Waals surface area (Å²) in [6.45, 7) is 6.69. The number of amides is 2. The fourth-order valence-corrected chi connectivity index (χ4v) is 3.83. The molecular formula is C22H27BrN2O2S. The average molecular weight is 463 g/mol. The molecular weight excluding hydrogens is 436 g/mol. The number of carbonyl (C=O) groups excluding carboxylic acids is 2. The van der Waals surface area contributed by atoms with Crippen molar-refractivity contribution in [1.82, 2.24) is 10.2 Å². The van der Waals surface area contributed by atoms with Gasteiger partial charge in [-0.3, -0.25) is 9.59 Å². The van der Waals surface area contributed by atoms with Crippen LogP contribution in [0.1, 0.15) is 31.4 Å². The molecule has 0 aliphatic rings. The number of nitrogens with zero attached hydrogens (tertiary/aromatic N) is 1. The van der Waals surface area contributed by atoms with Crippen LogP contribution in [0.2, 0.25) is 0 Å². The monoisotopic (exact) mass is 462 g/mol. The van der Waals surface area contributed by atoms with Gasteiger partial charge >= 0.3 is 0 Å². The van der Waals surface area contributed by atoms with Crippen molar-refractivity contribution in [3.63, 3.8) is 0 Å². The van der Waals surface area contributed by atoms with E-state index in [0.717, 1.165) is 14.9 Å². The third-order valence-electron chi connectivity index (χ3n) is 4.39. The molecule has 28 heavy (non-hydrogen) atoms. The summed E-state index contributed by atoms with van der Waals surface area (Å²) in [7, 11) is 0. The van der Waals surface area contributed by atoms with Crippen molar-refractivity contribution in [2.45, 2.75) is 44.7 Å². The lowest BCUT2D eigenvalue weighted by Gasteiger charge is -2.28. The van der Waals surface area contributed by atoms with Crippen molar-refractivity contribution in [2.24, 2.45) is 0 Å². The molecule has 2 amide bonds. The maximum absolute atomic E-state index is 12.9. The SMILES string of the molecule is CCNC(=O)[C@H](C)N(Cc1ccc(Br)cc1)C(=O)CCSc1ccc(C)cc1. The molecule has 6 heteroatoms. The first kappa shape index (κ1) is 22.5. The molecule has 0 aromatic heterocycles. The first-order valence-corrected chi connectivity index (χ1v) is 11.2. The Morgan fingerprint density at radius 1 is 1.11 bits per heavy atom. The molecule has 0 aliphatic heterocycles. The van der Waals surface area contributed by atoms with E-state index in [1.54, 1.807) is 23.6 Å². The molecule has 0 heterocycles. The summed E-state index contributed by atoms with van der Waals surface area (Å²) in [6, 6.07) is 15.6. The van der Waals surface area contributed by atoms with E-state index < -0.39 is 6.04 Å². The molecule has 0 saturated carbocycles. The zero-order valence-electron chi connectivity index (χ0n) is 16.6. The van der Waals surface area contributed by atoms with E-state index in [9.17, 15) is 9.59 Å². The zero-order valence-corrected chi connectivity index (χ0v) is 19.0. The number of halogens is 1. The number of benzene rings is 2. The minimum absolute atomic E-state index is 0.0127. The van der Waals surface area contributed by atoms with Gasteiger partial charge in [0.15, 0.2) is 0 Å². The summed E-state index contributed by atoms with van der Waals surface area (Å²) in [6.07, 6.45) is 0.388. The molecule has 1 N–H and O–H groups in total. The van der Waals surface area contributed by atoms with Gasteiger partial charge in [0, 0.05) is 34.6 Å². The Kier molecular flexibility index (Phi) is 9.06. The quantitative estimate of drug-likeness (QED) is 0.544. The third kappa shape index (κ3) is 6.99.